The molecule has 8 heteroatoms. The van der Waals surface area contributed by atoms with Gasteiger partial charge in [0, 0.05) is 30.4 Å². The highest BCUT2D eigenvalue weighted by molar-refractivity contribution is 6.03. The van der Waals surface area contributed by atoms with Crippen LogP contribution in [0.25, 0.3) is 0 Å². The van der Waals surface area contributed by atoms with Crippen molar-refractivity contribution in [3.05, 3.63) is 59.7 Å². The molecule has 1 N–H and O–H groups in total. The average molecular weight is 388 g/mol. The third-order valence-corrected chi connectivity index (χ3v) is 4.37. The first-order chi connectivity index (χ1) is 13.4. The Bertz CT molecular complexity index is 915. The van der Waals surface area contributed by atoms with Gasteiger partial charge in [0.2, 0.25) is 11.8 Å². The summed E-state index contributed by atoms with van der Waals surface area (Å²) >= 11 is 0. The number of halogens is 2. The van der Waals surface area contributed by atoms with Crippen molar-refractivity contribution in [3.63, 3.8) is 0 Å². The molecule has 1 unspecified atom stereocenters. The van der Waals surface area contributed by atoms with Crippen LogP contribution < -0.4 is 10.2 Å². The van der Waals surface area contributed by atoms with Gasteiger partial charge in [0.05, 0.1) is 18.1 Å². The lowest BCUT2D eigenvalue weighted by Crippen LogP contribution is -2.28. The lowest BCUT2D eigenvalue weighted by molar-refractivity contribution is -0.122. The molecule has 0 radical (unpaired) electrons. The molecule has 146 valence electrons. The lowest BCUT2D eigenvalue weighted by Gasteiger charge is -2.17. The number of carbonyl (C=O) groups is 3. The highest BCUT2D eigenvalue weighted by atomic mass is 19.2. The van der Waals surface area contributed by atoms with Gasteiger partial charge in [-0.3, -0.25) is 9.59 Å². The van der Waals surface area contributed by atoms with E-state index in [-0.39, 0.29) is 37.1 Å². The van der Waals surface area contributed by atoms with E-state index in [9.17, 15) is 23.2 Å². The molecule has 3 rings (SSSR count). The number of rotatable bonds is 5. The van der Waals surface area contributed by atoms with Crippen molar-refractivity contribution in [2.75, 3.05) is 23.4 Å². The molecule has 0 saturated carbocycles. The van der Waals surface area contributed by atoms with E-state index >= 15 is 0 Å². The van der Waals surface area contributed by atoms with Gasteiger partial charge in [0.1, 0.15) is 0 Å². The van der Waals surface area contributed by atoms with E-state index in [0.29, 0.717) is 11.3 Å². The third kappa shape index (κ3) is 4.16. The molecule has 0 aromatic heterocycles. The van der Waals surface area contributed by atoms with Crippen LogP contribution in [-0.2, 0) is 14.3 Å². The predicted octanol–water partition coefficient (Wildman–Crippen LogP) is 3.13. The Morgan fingerprint density at radius 3 is 2.50 bits per heavy atom. The Morgan fingerprint density at radius 1 is 1.14 bits per heavy atom. The molecule has 0 bridgehead atoms. The van der Waals surface area contributed by atoms with Crippen molar-refractivity contribution < 1.29 is 27.9 Å². The zero-order chi connectivity index (χ0) is 20.3. The number of ether oxygens (including phenoxy) is 1. The average Bonchev–Trinajstić information content (AvgIpc) is 3.06. The summed E-state index contributed by atoms with van der Waals surface area (Å²) in [5.74, 6) is -3.86. The molecule has 1 aliphatic heterocycles. The van der Waals surface area contributed by atoms with Crippen LogP contribution >= 0.6 is 0 Å². The van der Waals surface area contributed by atoms with Crippen LogP contribution in [0.3, 0.4) is 0 Å². The fourth-order valence-electron chi connectivity index (χ4n) is 2.93. The number of esters is 1. The Labute approximate surface area is 160 Å². The summed E-state index contributed by atoms with van der Waals surface area (Å²) in [4.78, 5) is 37.6. The van der Waals surface area contributed by atoms with E-state index in [1.165, 1.54) is 23.1 Å². The molecule has 1 fully saturated rings. The zero-order valence-corrected chi connectivity index (χ0v) is 15.1. The molecule has 1 aliphatic rings. The largest absolute Gasteiger partial charge is 0.462 e. The lowest BCUT2D eigenvalue weighted by atomic mass is 10.1. The normalized spacial score (nSPS) is 16.2. The second-order valence-electron chi connectivity index (χ2n) is 6.29. The molecular formula is C20H18F2N2O4. The van der Waals surface area contributed by atoms with Gasteiger partial charge in [-0.25, -0.2) is 13.6 Å². The summed E-state index contributed by atoms with van der Waals surface area (Å²) in [6, 6.07) is 9.35. The fourth-order valence-corrected chi connectivity index (χ4v) is 2.93. The number of anilines is 2. The number of carbonyl (C=O) groups excluding carboxylic acids is 3. The molecule has 2 amide bonds. The van der Waals surface area contributed by atoms with Crippen LogP contribution in [0.2, 0.25) is 0 Å². The van der Waals surface area contributed by atoms with Crippen molar-refractivity contribution >= 4 is 29.2 Å². The number of amides is 2. The van der Waals surface area contributed by atoms with Gasteiger partial charge in [0.15, 0.2) is 11.6 Å². The van der Waals surface area contributed by atoms with Crippen molar-refractivity contribution in [1.82, 2.24) is 0 Å². The predicted molar refractivity (Wildman–Crippen MR) is 97.8 cm³/mol. The summed E-state index contributed by atoms with van der Waals surface area (Å²) < 4.78 is 31.4. The Hall–Kier alpha value is -3.29. The molecule has 2 aromatic rings. The topological polar surface area (TPSA) is 75.7 Å². The number of benzene rings is 2. The smallest absolute Gasteiger partial charge is 0.338 e. The van der Waals surface area contributed by atoms with E-state index in [1.54, 1.807) is 19.1 Å². The number of nitrogens with zero attached hydrogens (tertiary/aromatic N) is 1. The summed E-state index contributed by atoms with van der Waals surface area (Å²) in [5, 5.41) is 2.69. The van der Waals surface area contributed by atoms with Crippen molar-refractivity contribution in [1.29, 1.82) is 0 Å². The first-order valence-corrected chi connectivity index (χ1v) is 8.72. The minimum absolute atomic E-state index is 0.0360. The minimum atomic E-state index is -1.06. The molecule has 6 nitrogen and oxygen atoms in total. The van der Waals surface area contributed by atoms with Crippen molar-refractivity contribution in [2.24, 2.45) is 5.92 Å². The van der Waals surface area contributed by atoms with Crippen LogP contribution in [0.1, 0.15) is 23.7 Å². The standard InChI is InChI=1S/C20H18F2N2O4/c1-2-28-20(27)12-3-5-14(6-4-12)23-19(26)13-9-18(25)24(11-13)15-7-8-16(21)17(22)10-15/h3-8,10,13H,2,9,11H2,1H3,(H,23,26). The van der Waals surface area contributed by atoms with Gasteiger partial charge in [-0.1, -0.05) is 0 Å². The van der Waals surface area contributed by atoms with E-state index in [2.05, 4.69) is 5.32 Å². The van der Waals surface area contributed by atoms with Gasteiger partial charge < -0.3 is 15.0 Å². The molecular weight excluding hydrogens is 370 g/mol. The molecule has 1 heterocycles. The van der Waals surface area contributed by atoms with Gasteiger partial charge in [-0.05, 0) is 43.3 Å². The van der Waals surface area contributed by atoms with Crippen LogP contribution in [0, 0.1) is 17.6 Å². The SMILES string of the molecule is CCOC(=O)c1ccc(NC(=O)C2CC(=O)N(c3ccc(F)c(F)c3)C2)cc1. The van der Waals surface area contributed by atoms with Crippen LogP contribution in [0.4, 0.5) is 20.2 Å². The van der Waals surface area contributed by atoms with E-state index < -0.39 is 23.5 Å². The van der Waals surface area contributed by atoms with Gasteiger partial charge in [-0.15, -0.1) is 0 Å². The molecule has 1 saturated heterocycles. The first-order valence-electron chi connectivity index (χ1n) is 8.72. The minimum Gasteiger partial charge on any atom is -0.462 e. The highest BCUT2D eigenvalue weighted by Crippen LogP contribution is 2.27. The van der Waals surface area contributed by atoms with Crippen LogP contribution in [-0.4, -0.2) is 30.9 Å². The zero-order valence-electron chi connectivity index (χ0n) is 15.1. The van der Waals surface area contributed by atoms with E-state index in [1.807, 2.05) is 0 Å². The quantitative estimate of drug-likeness (QED) is 0.799. The number of nitrogens with one attached hydrogen (secondary N) is 1. The Kier molecular flexibility index (Phi) is 5.67. The van der Waals surface area contributed by atoms with E-state index in [0.717, 1.165) is 12.1 Å². The molecule has 0 aliphatic carbocycles. The number of hydrogen-bond acceptors (Lipinski definition) is 4. The second-order valence-corrected chi connectivity index (χ2v) is 6.29. The van der Waals surface area contributed by atoms with Crippen molar-refractivity contribution in [2.45, 2.75) is 13.3 Å². The summed E-state index contributed by atoms with van der Waals surface area (Å²) in [6.45, 7) is 2.04. The van der Waals surface area contributed by atoms with Gasteiger partial charge in [0.25, 0.3) is 0 Å². The molecule has 28 heavy (non-hydrogen) atoms. The first kappa shape index (κ1) is 19.5. The highest BCUT2D eigenvalue weighted by Gasteiger charge is 2.35. The summed E-state index contributed by atoms with van der Waals surface area (Å²) in [5.41, 5.74) is 1.04. The Morgan fingerprint density at radius 2 is 1.86 bits per heavy atom. The molecule has 1 atom stereocenters. The van der Waals surface area contributed by atoms with Gasteiger partial charge in [-0.2, -0.15) is 0 Å². The maximum Gasteiger partial charge on any atom is 0.338 e. The second kappa shape index (κ2) is 8.16. The summed E-state index contributed by atoms with van der Waals surface area (Å²) in [6.07, 6.45) is -0.0360. The number of hydrogen-bond donors (Lipinski definition) is 1. The molecule has 2 aromatic carbocycles. The van der Waals surface area contributed by atoms with Crippen LogP contribution in [0.5, 0.6) is 0 Å². The molecule has 0 spiro atoms. The van der Waals surface area contributed by atoms with Crippen molar-refractivity contribution in [3.8, 4) is 0 Å². The van der Waals surface area contributed by atoms with E-state index in [4.69, 9.17) is 4.74 Å². The summed E-state index contributed by atoms with van der Waals surface area (Å²) in [7, 11) is 0. The third-order valence-electron chi connectivity index (χ3n) is 4.37. The maximum absolute atomic E-state index is 13.4. The fraction of sp³-hybridized carbons (Fsp3) is 0.250. The monoisotopic (exact) mass is 388 g/mol. The van der Waals surface area contributed by atoms with Crippen LogP contribution in [0.15, 0.2) is 42.5 Å². The Balaban J connectivity index is 1.64. The maximum atomic E-state index is 13.4. The van der Waals surface area contributed by atoms with Gasteiger partial charge >= 0.3 is 5.97 Å².